The van der Waals surface area contributed by atoms with E-state index >= 15 is 0 Å². The first-order valence-electron chi connectivity index (χ1n) is 6.82. The smallest absolute Gasteiger partial charge is 0.238 e. The van der Waals surface area contributed by atoms with Crippen LogP contribution in [0.15, 0.2) is 12.1 Å². The van der Waals surface area contributed by atoms with Gasteiger partial charge in [0, 0.05) is 18.7 Å². The van der Waals surface area contributed by atoms with Crippen molar-refractivity contribution in [2.75, 3.05) is 16.8 Å². The molecule has 2 heterocycles. The summed E-state index contributed by atoms with van der Waals surface area (Å²) in [6.07, 6.45) is 2.99. The van der Waals surface area contributed by atoms with Gasteiger partial charge in [-0.1, -0.05) is 0 Å². The van der Waals surface area contributed by atoms with Crippen molar-refractivity contribution in [3.05, 3.63) is 23.3 Å². The van der Waals surface area contributed by atoms with E-state index in [2.05, 4.69) is 5.32 Å². The highest BCUT2D eigenvalue weighted by Crippen LogP contribution is 2.37. The van der Waals surface area contributed by atoms with Gasteiger partial charge in [-0.2, -0.15) is 5.26 Å². The maximum atomic E-state index is 11.9. The number of carbonyl (C=O) groups is 2. The fourth-order valence-electron chi connectivity index (χ4n) is 3.00. The lowest BCUT2D eigenvalue weighted by Crippen LogP contribution is -2.39. The van der Waals surface area contributed by atoms with Crippen LogP contribution >= 0.6 is 0 Å². The van der Waals surface area contributed by atoms with Gasteiger partial charge in [0.15, 0.2) is 0 Å². The summed E-state index contributed by atoms with van der Waals surface area (Å²) in [4.78, 5) is 25.3. The number of hydrogen-bond acceptors (Lipinski definition) is 3. The van der Waals surface area contributed by atoms with Crippen molar-refractivity contribution < 1.29 is 9.59 Å². The summed E-state index contributed by atoms with van der Waals surface area (Å²) in [6, 6.07) is 5.70. The van der Waals surface area contributed by atoms with Crippen molar-refractivity contribution in [1.29, 1.82) is 5.26 Å². The number of rotatable bonds is 2. The van der Waals surface area contributed by atoms with E-state index in [-0.39, 0.29) is 18.2 Å². The molecule has 20 heavy (non-hydrogen) atoms. The molecule has 0 unspecified atom stereocenters. The second-order valence-corrected chi connectivity index (χ2v) is 5.18. The Hall–Kier alpha value is -2.35. The zero-order chi connectivity index (χ0) is 14.1. The van der Waals surface area contributed by atoms with Gasteiger partial charge in [0.05, 0.1) is 11.8 Å². The molecule has 5 nitrogen and oxygen atoms in total. The minimum atomic E-state index is -0.292. The molecule has 1 aromatic carbocycles. The monoisotopic (exact) mass is 269 g/mol. The molecule has 0 saturated heterocycles. The predicted molar refractivity (Wildman–Crippen MR) is 74.3 cm³/mol. The molecule has 5 heteroatoms. The Morgan fingerprint density at radius 2 is 2.05 bits per heavy atom. The Morgan fingerprint density at radius 3 is 2.80 bits per heavy atom. The van der Waals surface area contributed by atoms with Gasteiger partial charge in [-0.05, 0) is 42.5 Å². The third-order valence-corrected chi connectivity index (χ3v) is 3.80. The molecular formula is C15H15N3O2. The highest BCUT2D eigenvalue weighted by Gasteiger charge is 2.29. The number of benzene rings is 1. The summed E-state index contributed by atoms with van der Waals surface area (Å²) in [5.41, 5.74) is 4.02. The van der Waals surface area contributed by atoms with Crippen molar-refractivity contribution in [2.24, 2.45) is 0 Å². The molecule has 0 spiro atoms. The summed E-state index contributed by atoms with van der Waals surface area (Å²) in [6.45, 7) is 0.791. The van der Waals surface area contributed by atoms with Crippen LogP contribution in [0.2, 0.25) is 0 Å². The van der Waals surface area contributed by atoms with Crippen LogP contribution in [0.25, 0.3) is 0 Å². The van der Waals surface area contributed by atoms with Gasteiger partial charge in [0.25, 0.3) is 0 Å². The van der Waals surface area contributed by atoms with E-state index in [4.69, 9.17) is 5.26 Å². The van der Waals surface area contributed by atoms with Gasteiger partial charge in [-0.25, -0.2) is 0 Å². The Bertz CT molecular complexity index is 613. The maximum absolute atomic E-state index is 11.9. The van der Waals surface area contributed by atoms with E-state index in [0.29, 0.717) is 6.42 Å². The molecule has 0 atom stereocenters. The minimum Gasteiger partial charge on any atom is -0.325 e. The second-order valence-electron chi connectivity index (χ2n) is 5.18. The highest BCUT2D eigenvalue weighted by molar-refractivity contribution is 5.99. The highest BCUT2D eigenvalue weighted by atomic mass is 16.2. The third kappa shape index (κ3) is 2.14. The quantitative estimate of drug-likeness (QED) is 0.889. The van der Waals surface area contributed by atoms with E-state index in [0.717, 1.165) is 48.3 Å². The molecule has 1 aromatic rings. The molecule has 2 aliphatic heterocycles. The van der Waals surface area contributed by atoms with Crippen molar-refractivity contribution >= 4 is 23.2 Å². The zero-order valence-corrected chi connectivity index (χ0v) is 11.1. The number of anilines is 2. The lowest BCUT2D eigenvalue weighted by Gasteiger charge is -2.35. The SMILES string of the molecule is N#CCC(=O)Nc1cc2c3c(c1)CCC(=O)N3CCC2. The number of aryl methyl sites for hydroxylation is 2. The van der Waals surface area contributed by atoms with Crippen molar-refractivity contribution in [3.63, 3.8) is 0 Å². The summed E-state index contributed by atoms with van der Waals surface area (Å²) >= 11 is 0. The lowest BCUT2D eigenvalue weighted by molar-refractivity contribution is -0.119. The van der Waals surface area contributed by atoms with E-state index in [9.17, 15) is 9.59 Å². The average Bonchev–Trinajstić information content (AvgIpc) is 2.43. The minimum absolute atomic E-state index is 0.142. The second kappa shape index (κ2) is 4.97. The molecule has 102 valence electrons. The Kier molecular flexibility index (Phi) is 3.15. The molecular weight excluding hydrogens is 254 g/mol. The Balaban J connectivity index is 1.96. The summed E-state index contributed by atoms with van der Waals surface area (Å²) < 4.78 is 0. The first-order valence-corrected chi connectivity index (χ1v) is 6.82. The molecule has 3 rings (SSSR count). The molecule has 0 saturated carbocycles. The molecule has 0 fully saturated rings. The van der Waals surface area contributed by atoms with Crippen molar-refractivity contribution in [2.45, 2.75) is 32.1 Å². The van der Waals surface area contributed by atoms with Crippen molar-refractivity contribution in [3.8, 4) is 6.07 Å². The summed E-state index contributed by atoms with van der Waals surface area (Å²) in [7, 11) is 0. The van der Waals surface area contributed by atoms with Gasteiger partial charge in [-0.3, -0.25) is 9.59 Å². The van der Waals surface area contributed by atoms with Crippen LogP contribution in [-0.4, -0.2) is 18.4 Å². The van der Waals surface area contributed by atoms with Gasteiger partial charge in [0.1, 0.15) is 6.42 Å². The fraction of sp³-hybridized carbons (Fsp3) is 0.400. The van der Waals surface area contributed by atoms with E-state index in [1.54, 1.807) is 0 Å². The number of hydrogen-bond donors (Lipinski definition) is 1. The maximum Gasteiger partial charge on any atom is 0.238 e. The molecule has 0 bridgehead atoms. The van der Waals surface area contributed by atoms with Crippen LogP contribution in [0.5, 0.6) is 0 Å². The summed E-state index contributed by atoms with van der Waals surface area (Å²) in [5.74, 6) is -0.0982. The topological polar surface area (TPSA) is 73.2 Å². The van der Waals surface area contributed by atoms with Gasteiger partial charge in [0.2, 0.25) is 11.8 Å². The van der Waals surface area contributed by atoms with Crippen molar-refractivity contribution in [1.82, 2.24) is 0 Å². The first kappa shape index (κ1) is 12.7. The molecule has 1 N–H and O–H groups in total. The molecule has 2 amide bonds. The van der Waals surface area contributed by atoms with Crippen LogP contribution in [-0.2, 0) is 22.4 Å². The lowest BCUT2D eigenvalue weighted by atomic mass is 9.91. The van der Waals surface area contributed by atoms with Gasteiger partial charge >= 0.3 is 0 Å². The molecule has 0 aliphatic carbocycles. The van der Waals surface area contributed by atoms with Crippen LogP contribution in [0.3, 0.4) is 0 Å². The van der Waals surface area contributed by atoms with E-state index in [1.165, 1.54) is 0 Å². The number of nitrogens with one attached hydrogen (secondary N) is 1. The molecule has 0 radical (unpaired) electrons. The van der Waals surface area contributed by atoms with Gasteiger partial charge < -0.3 is 10.2 Å². The zero-order valence-electron chi connectivity index (χ0n) is 11.1. The fourth-order valence-corrected chi connectivity index (χ4v) is 3.00. The number of nitriles is 1. The number of carbonyl (C=O) groups excluding carboxylic acids is 2. The predicted octanol–water partition coefficient (Wildman–Crippen LogP) is 1.76. The normalized spacial score (nSPS) is 16.4. The Labute approximate surface area is 117 Å². The first-order chi connectivity index (χ1) is 9.69. The molecule has 2 aliphatic rings. The van der Waals surface area contributed by atoms with Crippen LogP contribution in [0.4, 0.5) is 11.4 Å². The van der Waals surface area contributed by atoms with Crippen LogP contribution in [0.1, 0.15) is 30.4 Å². The average molecular weight is 269 g/mol. The Morgan fingerprint density at radius 1 is 1.30 bits per heavy atom. The standard InChI is InChI=1S/C15H15N3O2/c16-6-5-13(19)17-12-8-10-2-1-7-18-14(20)4-3-11(9-12)15(10)18/h8-9H,1-5,7H2,(H,17,19). The number of nitrogens with zero attached hydrogens (tertiary/aromatic N) is 2. The third-order valence-electron chi connectivity index (χ3n) is 3.80. The van der Waals surface area contributed by atoms with E-state index < -0.39 is 0 Å². The largest absolute Gasteiger partial charge is 0.325 e. The number of amides is 2. The van der Waals surface area contributed by atoms with Crippen LogP contribution < -0.4 is 10.2 Å². The summed E-state index contributed by atoms with van der Waals surface area (Å²) in [5, 5.41) is 11.3. The van der Waals surface area contributed by atoms with E-state index in [1.807, 2.05) is 23.1 Å². The van der Waals surface area contributed by atoms with Gasteiger partial charge in [-0.15, -0.1) is 0 Å². The molecule has 0 aromatic heterocycles. The van der Waals surface area contributed by atoms with Crippen LogP contribution in [0, 0.1) is 11.3 Å².